The summed E-state index contributed by atoms with van der Waals surface area (Å²) in [6.07, 6.45) is 6.25. The summed E-state index contributed by atoms with van der Waals surface area (Å²) >= 11 is 6.39. The maximum absolute atomic E-state index is 6.39. The highest BCUT2D eigenvalue weighted by atomic mass is 35.5. The van der Waals surface area contributed by atoms with Crippen molar-refractivity contribution in [3.8, 4) is 0 Å². The minimum atomic E-state index is 0.397. The van der Waals surface area contributed by atoms with Crippen LogP contribution >= 0.6 is 11.6 Å². The molecule has 5 unspecified atom stereocenters. The standard InChI is InChI=1S/C15H22ClN3/c1-3-19-15(10(16)7-18-19)14(17-2)13-11-8-4-5-9(6-8)12(11)13/h7-9,11-14,17H,3-6H2,1-2H3. The molecule has 0 aliphatic heterocycles. The van der Waals surface area contributed by atoms with Gasteiger partial charge in [-0.2, -0.15) is 5.10 Å². The molecule has 0 spiro atoms. The third-order valence-corrected chi connectivity index (χ3v) is 6.21. The van der Waals surface area contributed by atoms with E-state index in [0.29, 0.717) is 6.04 Å². The molecule has 19 heavy (non-hydrogen) atoms. The van der Waals surface area contributed by atoms with E-state index in [1.807, 2.05) is 0 Å². The average molecular weight is 280 g/mol. The van der Waals surface area contributed by atoms with E-state index in [0.717, 1.165) is 41.2 Å². The number of rotatable bonds is 4. The molecule has 4 rings (SSSR count). The molecule has 0 aromatic carbocycles. The lowest BCUT2D eigenvalue weighted by Gasteiger charge is -2.21. The lowest BCUT2D eigenvalue weighted by molar-refractivity contribution is 0.368. The van der Waals surface area contributed by atoms with Crippen LogP contribution in [0.2, 0.25) is 5.02 Å². The zero-order valence-corrected chi connectivity index (χ0v) is 12.4. The molecule has 0 saturated heterocycles. The quantitative estimate of drug-likeness (QED) is 0.918. The molecule has 3 saturated carbocycles. The summed E-state index contributed by atoms with van der Waals surface area (Å²) in [5.74, 6) is 4.75. The van der Waals surface area contributed by atoms with Gasteiger partial charge in [-0.25, -0.2) is 0 Å². The van der Waals surface area contributed by atoms with Crippen molar-refractivity contribution in [1.82, 2.24) is 15.1 Å². The van der Waals surface area contributed by atoms with Crippen molar-refractivity contribution in [3.05, 3.63) is 16.9 Å². The Bertz CT molecular complexity index is 482. The molecular formula is C15H22ClN3. The van der Waals surface area contributed by atoms with E-state index in [2.05, 4.69) is 29.1 Å². The highest BCUT2D eigenvalue weighted by molar-refractivity contribution is 6.31. The fourth-order valence-electron chi connectivity index (χ4n) is 5.28. The number of hydrogen-bond donors (Lipinski definition) is 1. The third-order valence-electron chi connectivity index (χ3n) is 5.92. The van der Waals surface area contributed by atoms with Crippen LogP contribution in [0.1, 0.15) is 37.9 Å². The maximum Gasteiger partial charge on any atom is 0.0834 e. The minimum Gasteiger partial charge on any atom is -0.311 e. The third kappa shape index (κ3) is 1.58. The molecule has 0 amide bonds. The Kier molecular flexibility index (Phi) is 2.72. The van der Waals surface area contributed by atoms with E-state index in [1.54, 1.807) is 6.20 Å². The van der Waals surface area contributed by atoms with Gasteiger partial charge >= 0.3 is 0 Å². The van der Waals surface area contributed by atoms with Gasteiger partial charge in [0.25, 0.3) is 0 Å². The van der Waals surface area contributed by atoms with Gasteiger partial charge in [0, 0.05) is 6.54 Å². The molecule has 3 aliphatic carbocycles. The second kappa shape index (κ2) is 4.23. The van der Waals surface area contributed by atoms with Gasteiger partial charge in [-0.15, -0.1) is 0 Å². The largest absolute Gasteiger partial charge is 0.311 e. The summed E-state index contributed by atoms with van der Waals surface area (Å²) < 4.78 is 2.07. The average Bonchev–Trinajstić information content (AvgIpc) is 2.77. The fraction of sp³-hybridized carbons (Fsp3) is 0.800. The number of aryl methyl sites for hydroxylation is 1. The summed E-state index contributed by atoms with van der Waals surface area (Å²) in [6.45, 7) is 3.03. The molecule has 3 aliphatic rings. The second-order valence-electron chi connectivity index (χ2n) is 6.53. The summed E-state index contributed by atoms with van der Waals surface area (Å²) in [5, 5.41) is 8.77. The van der Waals surface area contributed by atoms with E-state index in [4.69, 9.17) is 11.6 Å². The first-order chi connectivity index (χ1) is 9.26. The van der Waals surface area contributed by atoms with Gasteiger partial charge in [0.15, 0.2) is 0 Å². The Balaban J connectivity index is 1.64. The smallest absolute Gasteiger partial charge is 0.0834 e. The van der Waals surface area contributed by atoms with E-state index in [1.165, 1.54) is 25.0 Å². The minimum absolute atomic E-state index is 0.397. The summed E-state index contributed by atoms with van der Waals surface area (Å²) in [6, 6.07) is 0.397. The van der Waals surface area contributed by atoms with Gasteiger partial charge in [0.05, 0.1) is 23.0 Å². The highest BCUT2D eigenvalue weighted by Crippen LogP contribution is 2.72. The van der Waals surface area contributed by atoms with Crippen molar-refractivity contribution in [3.63, 3.8) is 0 Å². The lowest BCUT2D eigenvalue weighted by atomic mass is 9.95. The van der Waals surface area contributed by atoms with Crippen molar-refractivity contribution in [2.75, 3.05) is 7.05 Å². The number of halogens is 1. The van der Waals surface area contributed by atoms with Gasteiger partial charge in [-0.3, -0.25) is 4.68 Å². The zero-order valence-electron chi connectivity index (χ0n) is 11.6. The molecule has 4 heteroatoms. The fourth-order valence-corrected chi connectivity index (χ4v) is 5.54. The van der Waals surface area contributed by atoms with Crippen LogP contribution in [-0.4, -0.2) is 16.8 Å². The Morgan fingerprint density at radius 2 is 2.11 bits per heavy atom. The van der Waals surface area contributed by atoms with Crippen LogP contribution in [0.4, 0.5) is 0 Å². The molecule has 3 fully saturated rings. The number of nitrogens with zero attached hydrogens (tertiary/aromatic N) is 2. The highest BCUT2D eigenvalue weighted by Gasteiger charge is 2.67. The molecule has 0 radical (unpaired) electrons. The predicted octanol–water partition coefficient (Wildman–Crippen LogP) is 3.11. The topological polar surface area (TPSA) is 29.9 Å². The van der Waals surface area contributed by atoms with Gasteiger partial charge in [0.2, 0.25) is 0 Å². The van der Waals surface area contributed by atoms with Crippen molar-refractivity contribution in [2.24, 2.45) is 29.6 Å². The van der Waals surface area contributed by atoms with Crippen LogP contribution in [0.3, 0.4) is 0 Å². The Morgan fingerprint density at radius 1 is 1.42 bits per heavy atom. The zero-order chi connectivity index (χ0) is 13.1. The van der Waals surface area contributed by atoms with Crippen LogP contribution in [0, 0.1) is 29.6 Å². The first-order valence-electron chi connectivity index (χ1n) is 7.64. The molecule has 5 atom stereocenters. The number of nitrogens with one attached hydrogen (secondary N) is 1. The molecule has 1 N–H and O–H groups in total. The summed E-state index contributed by atoms with van der Waals surface area (Å²) in [7, 11) is 2.07. The van der Waals surface area contributed by atoms with Crippen molar-refractivity contribution in [2.45, 2.75) is 38.8 Å². The Hall–Kier alpha value is -0.540. The van der Waals surface area contributed by atoms with E-state index in [-0.39, 0.29) is 0 Å². The van der Waals surface area contributed by atoms with Gasteiger partial charge in [-0.05, 0) is 62.8 Å². The number of hydrogen-bond acceptors (Lipinski definition) is 2. The normalized spacial score (nSPS) is 40.5. The summed E-state index contributed by atoms with van der Waals surface area (Å²) in [4.78, 5) is 0. The predicted molar refractivity (Wildman–Crippen MR) is 76.0 cm³/mol. The van der Waals surface area contributed by atoms with Crippen LogP contribution in [0.25, 0.3) is 0 Å². The SMILES string of the molecule is CCn1ncc(Cl)c1C(NC)C1C2C3CCC(C3)C21. The van der Waals surface area contributed by atoms with Gasteiger partial charge in [-0.1, -0.05) is 11.6 Å². The molecule has 1 aromatic rings. The molecule has 1 aromatic heterocycles. The molecule has 104 valence electrons. The Labute approximate surface area is 119 Å². The van der Waals surface area contributed by atoms with Crippen LogP contribution in [0.15, 0.2) is 6.20 Å². The van der Waals surface area contributed by atoms with E-state index in [9.17, 15) is 0 Å². The number of aromatic nitrogens is 2. The second-order valence-corrected chi connectivity index (χ2v) is 6.93. The van der Waals surface area contributed by atoms with Crippen LogP contribution in [0.5, 0.6) is 0 Å². The van der Waals surface area contributed by atoms with E-state index < -0.39 is 0 Å². The van der Waals surface area contributed by atoms with Crippen molar-refractivity contribution < 1.29 is 0 Å². The monoisotopic (exact) mass is 279 g/mol. The first-order valence-corrected chi connectivity index (χ1v) is 8.02. The lowest BCUT2D eigenvalue weighted by Crippen LogP contribution is -2.25. The summed E-state index contributed by atoms with van der Waals surface area (Å²) in [5.41, 5.74) is 1.21. The molecular weight excluding hydrogens is 258 g/mol. The maximum atomic E-state index is 6.39. The van der Waals surface area contributed by atoms with Crippen molar-refractivity contribution in [1.29, 1.82) is 0 Å². The van der Waals surface area contributed by atoms with Crippen LogP contribution < -0.4 is 5.32 Å². The van der Waals surface area contributed by atoms with E-state index >= 15 is 0 Å². The molecule has 3 nitrogen and oxygen atoms in total. The van der Waals surface area contributed by atoms with Gasteiger partial charge < -0.3 is 5.32 Å². The molecule has 2 bridgehead atoms. The Morgan fingerprint density at radius 3 is 2.68 bits per heavy atom. The molecule has 1 heterocycles. The number of fused-ring (bicyclic) bond motifs is 5. The van der Waals surface area contributed by atoms with Crippen LogP contribution in [-0.2, 0) is 6.54 Å². The first kappa shape index (κ1) is 12.2. The van der Waals surface area contributed by atoms with Gasteiger partial charge in [0.1, 0.15) is 0 Å². The van der Waals surface area contributed by atoms with Crippen molar-refractivity contribution >= 4 is 11.6 Å².